The van der Waals surface area contributed by atoms with Crippen molar-refractivity contribution in [2.75, 3.05) is 5.32 Å². The van der Waals surface area contributed by atoms with Crippen LogP contribution in [0.2, 0.25) is 0 Å². The number of hydrogen-bond donors (Lipinski definition) is 1. The van der Waals surface area contributed by atoms with E-state index in [0.29, 0.717) is 5.56 Å². The standard InChI is InChI=1S/C14H10Br2N2/c1-9-7-10(15)5-6-13(9)18-14-4-2-3-12(16)11(14)8-17/h2-7,18H,1H3. The second-order valence-electron chi connectivity index (χ2n) is 3.86. The lowest BCUT2D eigenvalue weighted by Crippen LogP contribution is -1.96. The molecule has 0 heterocycles. The first-order valence-electron chi connectivity index (χ1n) is 5.33. The van der Waals surface area contributed by atoms with E-state index in [-0.39, 0.29) is 0 Å². The van der Waals surface area contributed by atoms with Crippen LogP contribution in [-0.4, -0.2) is 0 Å². The summed E-state index contributed by atoms with van der Waals surface area (Å²) >= 11 is 6.81. The van der Waals surface area contributed by atoms with Gasteiger partial charge in [-0.1, -0.05) is 22.0 Å². The Kier molecular flexibility index (Phi) is 4.05. The highest BCUT2D eigenvalue weighted by molar-refractivity contribution is 9.10. The molecule has 0 unspecified atom stereocenters. The molecule has 0 spiro atoms. The molecule has 0 aromatic heterocycles. The Labute approximate surface area is 123 Å². The molecule has 2 aromatic carbocycles. The molecule has 1 N–H and O–H groups in total. The average molecular weight is 366 g/mol. The lowest BCUT2D eigenvalue weighted by atomic mass is 10.1. The second-order valence-corrected chi connectivity index (χ2v) is 5.63. The molecule has 0 amide bonds. The number of anilines is 2. The Morgan fingerprint density at radius 3 is 2.56 bits per heavy atom. The van der Waals surface area contributed by atoms with Crippen molar-refractivity contribution >= 4 is 43.2 Å². The lowest BCUT2D eigenvalue weighted by Gasteiger charge is -2.12. The molecule has 2 rings (SSSR count). The fraction of sp³-hybridized carbons (Fsp3) is 0.0714. The van der Waals surface area contributed by atoms with Crippen LogP contribution in [-0.2, 0) is 0 Å². The molecule has 0 aliphatic rings. The number of benzene rings is 2. The molecule has 2 nitrogen and oxygen atoms in total. The van der Waals surface area contributed by atoms with Gasteiger partial charge in [0.1, 0.15) is 6.07 Å². The van der Waals surface area contributed by atoms with Gasteiger partial charge in [-0.05, 0) is 58.7 Å². The maximum absolute atomic E-state index is 9.16. The van der Waals surface area contributed by atoms with Crippen molar-refractivity contribution < 1.29 is 0 Å². The van der Waals surface area contributed by atoms with Crippen LogP contribution in [0.4, 0.5) is 11.4 Å². The van der Waals surface area contributed by atoms with Crippen molar-refractivity contribution in [3.63, 3.8) is 0 Å². The highest BCUT2D eigenvalue weighted by atomic mass is 79.9. The predicted octanol–water partition coefficient (Wildman–Crippen LogP) is 5.14. The van der Waals surface area contributed by atoms with Crippen LogP contribution in [0, 0.1) is 18.3 Å². The third-order valence-corrected chi connectivity index (χ3v) is 3.74. The molecule has 0 radical (unpaired) electrons. The molecule has 0 aliphatic carbocycles. The Hall–Kier alpha value is -1.31. The zero-order valence-electron chi connectivity index (χ0n) is 9.67. The predicted molar refractivity (Wildman–Crippen MR) is 81.0 cm³/mol. The maximum atomic E-state index is 9.16. The van der Waals surface area contributed by atoms with Gasteiger partial charge in [-0.2, -0.15) is 5.26 Å². The van der Waals surface area contributed by atoms with Crippen LogP contribution in [0.15, 0.2) is 45.3 Å². The van der Waals surface area contributed by atoms with Crippen molar-refractivity contribution in [3.05, 3.63) is 56.5 Å². The molecule has 4 heteroatoms. The summed E-state index contributed by atoms with van der Waals surface area (Å²) in [6.45, 7) is 2.02. The van der Waals surface area contributed by atoms with E-state index in [4.69, 9.17) is 5.26 Å². The van der Waals surface area contributed by atoms with Crippen molar-refractivity contribution in [1.82, 2.24) is 0 Å². The van der Waals surface area contributed by atoms with Gasteiger partial charge < -0.3 is 5.32 Å². The molecule has 0 atom stereocenters. The molecule has 90 valence electrons. The van der Waals surface area contributed by atoms with Crippen molar-refractivity contribution in [2.24, 2.45) is 0 Å². The van der Waals surface area contributed by atoms with Gasteiger partial charge >= 0.3 is 0 Å². The van der Waals surface area contributed by atoms with E-state index in [0.717, 1.165) is 25.9 Å². The summed E-state index contributed by atoms with van der Waals surface area (Å²) in [6, 6.07) is 13.8. The van der Waals surface area contributed by atoms with E-state index >= 15 is 0 Å². The smallest absolute Gasteiger partial charge is 0.103 e. The third-order valence-electron chi connectivity index (χ3n) is 2.58. The summed E-state index contributed by atoms with van der Waals surface area (Å²) < 4.78 is 1.84. The van der Waals surface area contributed by atoms with Gasteiger partial charge in [0, 0.05) is 14.6 Å². The molecular formula is C14H10Br2N2. The number of halogens is 2. The fourth-order valence-corrected chi connectivity index (χ4v) is 2.58. The van der Waals surface area contributed by atoms with Crippen LogP contribution in [0.3, 0.4) is 0 Å². The van der Waals surface area contributed by atoms with Crippen molar-refractivity contribution in [2.45, 2.75) is 6.92 Å². The van der Waals surface area contributed by atoms with Crippen LogP contribution in [0.25, 0.3) is 0 Å². The summed E-state index contributed by atoms with van der Waals surface area (Å²) in [7, 11) is 0. The van der Waals surface area contributed by atoms with Gasteiger partial charge in [-0.25, -0.2) is 0 Å². The quantitative estimate of drug-likeness (QED) is 0.800. The van der Waals surface area contributed by atoms with Crippen LogP contribution in [0.1, 0.15) is 11.1 Å². The Bertz CT molecular complexity index is 630. The topological polar surface area (TPSA) is 35.8 Å². The highest BCUT2D eigenvalue weighted by Crippen LogP contribution is 2.29. The van der Waals surface area contributed by atoms with Crippen LogP contribution in [0.5, 0.6) is 0 Å². The number of nitrogens with one attached hydrogen (secondary N) is 1. The van der Waals surface area contributed by atoms with Gasteiger partial charge in [0.05, 0.1) is 11.3 Å². The number of aryl methyl sites for hydroxylation is 1. The highest BCUT2D eigenvalue weighted by Gasteiger charge is 2.07. The molecule has 18 heavy (non-hydrogen) atoms. The SMILES string of the molecule is Cc1cc(Br)ccc1Nc1cccc(Br)c1C#N. The summed E-state index contributed by atoms with van der Waals surface area (Å²) in [4.78, 5) is 0. The van der Waals surface area contributed by atoms with Gasteiger partial charge in [0.15, 0.2) is 0 Å². The normalized spacial score (nSPS) is 9.89. The molecule has 0 fully saturated rings. The molecular weight excluding hydrogens is 356 g/mol. The first kappa shape index (κ1) is 13.1. The lowest BCUT2D eigenvalue weighted by molar-refractivity contribution is 1.39. The van der Waals surface area contributed by atoms with E-state index in [1.807, 2.05) is 43.3 Å². The summed E-state index contributed by atoms with van der Waals surface area (Å²) in [5, 5.41) is 12.4. The Balaban J connectivity index is 2.41. The number of nitriles is 1. The van der Waals surface area contributed by atoms with E-state index in [1.165, 1.54) is 0 Å². The number of rotatable bonds is 2. The minimum absolute atomic E-state index is 0.611. The van der Waals surface area contributed by atoms with Gasteiger partial charge in [0.25, 0.3) is 0 Å². The first-order valence-corrected chi connectivity index (χ1v) is 6.92. The summed E-state index contributed by atoms with van der Waals surface area (Å²) in [6.07, 6.45) is 0. The average Bonchev–Trinajstić information content (AvgIpc) is 2.33. The fourth-order valence-electron chi connectivity index (χ4n) is 1.65. The minimum atomic E-state index is 0.611. The summed E-state index contributed by atoms with van der Waals surface area (Å²) in [5.41, 5.74) is 3.53. The first-order chi connectivity index (χ1) is 8.61. The van der Waals surface area contributed by atoms with E-state index in [2.05, 4.69) is 43.2 Å². The number of hydrogen-bond acceptors (Lipinski definition) is 2. The third kappa shape index (κ3) is 2.74. The second kappa shape index (κ2) is 5.55. The van der Waals surface area contributed by atoms with Gasteiger partial charge in [0.2, 0.25) is 0 Å². The van der Waals surface area contributed by atoms with Crippen LogP contribution < -0.4 is 5.32 Å². The monoisotopic (exact) mass is 364 g/mol. The largest absolute Gasteiger partial charge is 0.354 e. The Morgan fingerprint density at radius 1 is 1.11 bits per heavy atom. The maximum Gasteiger partial charge on any atom is 0.103 e. The number of nitrogens with zero attached hydrogens (tertiary/aromatic N) is 1. The molecule has 0 bridgehead atoms. The van der Waals surface area contributed by atoms with Gasteiger partial charge in [-0.15, -0.1) is 0 Å². The van der Waals surface area contributed by atoms with E-state index in [1.54, 1.807) is 0 Å². The molecule has 0 saturated heterocycles. The van der Waals surface area contributed by atoms with Crippen LogP contribution >= 0.6 is 31.9 Å². The van der Waals surface area contributed by atoms with E-state index in [9.17, 15) is 0 Å². The molecule has 0 aliphatic heterocycles. The zero-order chi connectivity index (χ0) is 13.1. The van der Waals surface area contributed by atoms with Crippen molar-refractivity contribution in [1.29, 1.82) is 5.26 Å². The van der Waals surface area contributed by atoms with Gasteiger partial charge in [-0.3, -0.25) is 0 Å². The summed E-state index contributed by atoms with van der Waals surface area (Å²) in [5.74, 6) is 0. The molecule has 0 saturated carbocycles. The zero-order valence-corrected chi connectivity index (χ0v) is 12.8. The Morgan fingerprint density at radius 2 is 1.89 bits per heavy atom. The van der Waals surface area contributed by atoms with E-state index < -0.39 is 0 Å². The van der Waals surface area contributed by atoms with Crippen molar-refractivity contribution in [3.8, 4) is 6.07 Å². The minimum Gasteiger partial charge on any atom is -0.354 e. The molecule has 2 aromatic rings.